The molecule has 0 aliphatic rings. The standard InChI is InChI=1S/C24H34N2O3/c1-25(2)15-7-13-21(27)19-11-5-9-17-18-10-6-12-20(24(18)29-23(17)19)22(28)14-8-16-26(3)4/h5-6,9-12,21-22,27-28H,7-8,13-16H2,1-4H3. The van der Waals surface area contributed by atoms with E-state index in [4.69, 9.17) is 4.42 Å². The number of rotatable bonds is 10. The summed E-state index contributed by atoms with van der Waals surface area (Å²) in [5.41, 5.74) is 3.11. The fraction of sp³-hybridized carbons (Fsp3) is 0.500. The van der Waals surface area contributed by atoms with Crippen molar-refractivity contribution in [2.75, 3.05) is 41.3 Å². The molecule has 0 aliphatic heterocycles. The van der Waals surface area contributed by atoms with E-state index in [2.05, 4.69) is 9.80 Å². The van der Waals surface area contributed by atoms with Crippen LogP contribution in [-0.2, 0) is 0 Å². The molecule has 3 rings (SSSR count). The van der Waals surface area contributed by atoms with E-state index < -0.39 is 12.2 Å². The van der Waals surface area contributed by atoms with E-state index in [0.29, 0.717) is 12.8 Å². The summed E-state index contributed by atoms with van der Waals surface area (Å²) in [6, 6.07) is 11.9. The molecule has 2 N–H and O–H groups in total. The van der Waals surface area contributed by atoms with Crippen molar-refractivity contribution >= 4 is 21.9 Å². The fourth-order valence-electron chi connectivity index (χ4n) is 3.90. The van der Waals surface area contributed by atoms with Crippen LogP contribution in [0.25, 0.3) is 21.9 Å². The molecule has 5 heteroatoms. The molecule has 0 radical (unpaired) electrons. The van der Waals surface area contributed by atoms with Crippen molar-refractivity contribution in [2.24, 2.45) is 0 Å². The van der Waals surface area contributed by atoms with E-state index >= 15 is 0 Å². The maximum absolute atomic E-state index is 10.8. The Bertz CT molecular complexity index is 858. The summed E-state index contributed by atoms with van der Waals surface area (Å²) < 4.78 is 6.27. The number of para-hydroxylation sites is 2. The van der Waals surface area contributed by atoms with Crippen LogP contribution in [0.2, 0.25) is 0 Å². The maximum Gasteiger partial charge on any atom is 0.141 e. The number of nitrogens with zero attached hydrogens (tertiary/aromatic N) is 2. The molecule has 2 unspecified atom stereocenters. The molecule has 0 saturated carbocycles. The van der Waals surface area contributed by atoms with Crippen LogP contribution in [0, 0.1) is 0 Å². The molecule has 1 aromatic heterocycles. The van der Waals surface area contributed by atoms with E-state index in [1.165, 1.54) is 0 Å². The zero-order chi connectivity index (χ0) is 21.0. The third-order valence-corrected chi connectivity index (χ3v) is 5.47. The van der Waals surface area contributed by atoms with Gasteiger partial charge in [-0.3, -0.25) is 0 Å². The third-order valence-electron chi connectivity index (χ3n) is 5.47. The van der Waals surface area contributed by atoms with Gasteiger partial charge in [-0.05, 0) is 67.0 Å². The first-order valence-electron chi connectivity index (χ1n) is 10.5. The molecule has 0 fully saturated rings. The van der Waals surface area contributed by atoms with Gasteiger partial charge in [-0.25, -0.2) is 0 Å². The Morgan fingerprint density at radius 2 is 1.14 bits per heavy atom. The molecule has 0 saturated heterocycles. The molecule has 29 heavy (non-hydrogen) atoms. The van der Waals surface area contributed by atoms with E-state index in [1.807, 2.05) is 64.6 Å². The molecule has 0 bridgehead atoms. The van der Waals surface area contributed by atoms with E-state index in [-0.39, 0.29) is 0 Å². The maximum atomic E-state index is 10.8. The monoisotopic (exact) mass is 398 g/mol. The Labute approximate surface area is 173 Å². The molecule has 2 atom stereocenters. The molecule has 5 nitrogen and oxygen atoms in total. The summed E-state index contributed by atoms with van der Waals surface area (Å²) >= 11 is 0. The zero-order valence-electron chi connectivity index (χ0n) is 18.1. The van der Waals surface area contributed by atoms with Crippen molar-refractivity contribution in [3.8, 4) is 0 Å². The van der Waals surface area contributed by atoms with Crippen LogP contribution in [0.1, 0.15) is 49.0 Å². The first-order valence-corrected chi connectivity index (χ1v) is 10.5. The first kappa shape index (κ1) is 21.8. The van der Waals surface area contributed by atoms with Crippen molar-refractivity contribution in [3.05, 3.63) is 47.5 Å². The summed E-state index contributed by atoms with van der Waals surface area (Å²) in [5, 5.41) is 23.5. The second-order valence-electron chi connectivity index (χ2n) is 8.47. The number of aliphatic hydroxyl groups is 2. The van der Waals surface area contributed by atoms with Gasteiger partial charge in [0.1, 0.15) is 11.2 Å². The van der Waals surface area contributed by atoms with Gasteiger partial charge in [-0.15, -0.1) is 0 Å². The first-order chi connectivity index (χ1) is 13.9. The van der Waals surface area contributed by atoms with Gasteiger partial charge in [-0.2, -0.15) is 0 Å². The predicted octanol–water partition coefficient (Wildman–Crippen LogP) is 4.34. The molecular formula is C24H34N2O3. The lowest BCUT2D eigenvalue weighted by Gasteiger charge is -2.14. The number of fused-ring (bicyclic) bond motifs is 3. The molecular weight excluding hydrogens is 364 g/mol. The van der Waals surface area contributed by atoms with Gasteiger partial charge in [0.05, 0.1) is 12.2 Å². The van der Waals surface area contributed by atoms with E-state index in [0.717, 1.165) is 59.0 Å². The number of hydrogen-bond donors (Lipinski definition) is 2. The van der Waals surface area contributed by atoms with E-state index in [1.54, 1.807) is 0 Å². The second kappa shape index (κ2) is 9.72. The lowest BCUT2D eigenvalue weighted by molar-refractivity contribution is 0.160. The Kier molecular flexibility index (Phi) is 7.30. The van der Waals surface area contributed by atoms with Crippen LogP contribution < -0.4 is 0 Å². The minimum atomic E-state index is -0.562. The normalized spacial score (nSPS) is 14.3. The van der Waals surface area contributed by atoms with Gasteiger partial charge < -0.3 is 24.4 Å². The summed E-state index contributed by atoms with van der Waals surface area (Å²) in [6.45, 7) is 1.88. The van der Waals surface area contributed by atoms with Crippen molar-refractivity contribution in [3.63, 3.8) is 0 Å². The number of hydrogen-bond acceptors (Lipinski definition) is 5. The quantitative estimate of drug-likeness (QED) is 0.532. The minimum Gasteiger partial charge on any atom is -0.455 e. The summed E-state index contributed by atoms with van der Waals surface area (Å²) in [4.78, 5) is 4.25. The highest BCUT2D eigenvalue weighted by atomic mass is 16.3. The Morgan fingerprint density at radius 3 is 1.52 bits per heavy atom. The van der Waals surface area contributed by atoms with Crippen LogP contribution in [0.5, 0.6) is 0 Å². The van der Waals surface area contributed by atoms with Gasteiger partial charge >= 0.3 is 0 Å². The second-order valence-corrected chi connectivity index (χ2v) is 8.47. The predicted molar refractivity (Wildman–Crippen MR) is 119 cm³/mol. The van der Waals surface area contributed by atoms with Crippen LogP contribution in [0.4, 0.5) is 0 Å². The zero-order valence-corrected chi connectivity index (χ0v) is 18.1. The molecule has 0 aliphatic carbocycles. The summed E-state index contributed by atoms with van der Waals surface area (Å²) in [5.74, 6) is 0. The van der Waals surface area contributed by atoms with E-state index in [9.17, 15) is 10.2 Å². The van der Waals surface area contributed by atoms with Gasteiger partial charge in [0.2, 0.25) is 0 Å². The number of aliphatic hydroxyl groups excluding tert-OH is 2. The Morgan fingerprint density at radius 1 is 0.724 bits per heavy atom. The van der Waals surface area contributed by atoms with Crippen LogP contribution in [-0.4, -0.2) is 61.3 Å². The summed E-state index contributed by atoms with van der Waals surface area (Å²) in [6.07, 6.45) is 2.09. The van der Waals surface area contributed by atoms with Crippen molar-refractivity contribution in [2.45, 2.75) is 37.9 Å². The van der Waals surface area contributed by atoms with Gasteiger partial charge in [0.15, 0.2) is 0 Å². The smallest absolute Gasteiger partial charge is 0.141 e. The Balaban J connectivity index is 1.91. The largest absolute Gasteiger partial charge is 0.455 e. The van der Waals surface area contributed by atoms with Gasteiger partial charge in [-0.1, -0.05) is 36.4 Å². The highest BCUT2D eigenvalue weighted by Gasteiger charge is 2.20. The lowest BCUT2D eigenvalue weighted by Crippen LogP contribution is -2.13. The third kappa shape index (κ3) is 5.17. The highest BCUT2D eigenvalue weighted by molar-refractivity contribution is 6.07. The molecule has 0 amide bonds. The Hall–Kier alpha value is -1.92. The lowest BCUT2D eigenvalue weighted by atomic mass is 9.99. The average molecular weight is 399 g/mol. The van der Waals surface area contributed by atoms with Gasteiger partial charge in [0, 0.05) is 21.9 Å². The topological polar surface area (TPSA) is 60.1 Å². The van der Waals surface area contributed by atoms with Crippen LogP contribution in [0.3, 0.4) is 0 Å². The molecule has 158 valence electrons. The number of benzene rings is 2. The molecule has 1 heterocycles. The van der Waals surface area contributed by atoms with Crippen molar-refractivity contribution in [1.29, 1.82) is 0 Å². The SMILES string of the molecule is CN(C)CCCC(O)c1cccc2c1oc1c(C(O)CCCN(C)C)cccc12. The minimum absolute atomic E-state index is 0.562. The van der Waals surface area contributed by atoms with Crippen molar-refractivity contribution < 1.29 is 14.6 Å². The van der Waals surface area contributed by atoms with Crippen LogP contribution >= 0.6 is 0 Å². The van der Waals surface area contributed by atoms with Gasteiger partial charge in [0.25, 0.3) is 0 Å². The summed E-state index contributed by atoms with van der Waals surface area (Å²) in [7, 11) is 8.16. The number of furan rings is 1. The van der Waals surface area contributed by atoms with Crippen LogP contribution in [0.15, 0.2) is 40.8 Å². The van der Waals surface area contributed by atoms with Crippen molar-refractivity contribution in [1.82, 2.24) is 9.80 Å². The average Bonchev–Trinajstić information content (AvgIpc) is 3.06. The molecule has 2 aromatic carbocycles. The molecule has 3 aromatic rings. The fourth-order valence-corrected chi connectivity index (χ4v) is 3.90. The molecule has 0 spiro atoms. The highest BCUT2D eigenvalue weighted by Crippen LogP contribution is 2.38.